The van der Waals surface area contributed by atoms with Crippen molar-refractivity contribution in [3.05, 3.63) is 64.4 Å². The summed E-state index contributed by atoms with van der Waals surface area (Å²) in [5.74, 6) is 0.184. The van der Waals surface area contributed by atoms with Gasteiger partial charge in [0.2, 0.25) is 10.0 Å². The minimum absolute atomic E-state index is 0.184. The second-order valence-corrected chi connectivity index (χ2v) is 10.5. The van der Waals surface area contributed by atoms with Crippen LogP contribution in [0.25, 0.3) is 0 Å². The summed E-state index contributed by atoms with van der Waals surface area (Å²) in [6.07, 6.45) is 0. The summed E-state index contributed by atoms with van der Waals surface area (Å²) in [6, 6.07) is 15.6. The van der Waals surface area contributed by atoms with Crippen molar-refractivity contribution in [2.45, 2.75) is 11.8 Å². The Hall–Kier alpha value is -1.86. The fraction of sp³-hybridized carbons (Fsp3) is 0.238. The molecule has 4 rings (SSSR count). The van der Waals surface area contributed by atoms with Crippen LogP contribution in [0.2, 0.25) is 0 Å². The molecule has 0 unspecified atom stereocenters. The monoisotopic (exact) mass is 594 g/mol. The number of hydrazone groups is 1. The number of sulfonamides is 1. The average Bonchev–Trinajstić information content (AvgIpc) is 3.20. The number of halogens is 1. The Morgan fingerprint density at radius 3 is 2.40 bits per heavy atom. The molecule has 0 aliphatic carbocycles. The Labute approximate surface area is 226 Å². The number of hydrogen-bond acceptors (Lipinski definition) is 9. The SMILES string of the molecule is CC1=NN(c2ccccc2)C(=N)/C1=C(/[S-])SN=Nc1ccc(S(=O)(=O)N2CCOCC2)cc1.[Cl][Ni]. The van der Waals surface area contributed by atoms with Gasteiger partial charge in [0.05, 0.1) is 35.2 Å². The molecule has 0 spiro atoms. The second kappa shape index (κ2) is 12.9. The molecule has 189 valence electrons. The first-order chi connectivity index (χ1) is 16.9. The van der Waals surface area contributed by atoms with Gasteiger partial charge in [-0.25, -0.2) is 13.4 Å². The maximum atomic E-state index is 12.7. The van der Waals surface area contributed by atoms with Crippen molar-refractivity contribution in [3.63, 3.8) is 0 Å². The number of morpholine rings is 1. The molecule has 0 bridgehead atoms. The van der Waals surface area contributed by atoms with E-state index in [1.54, 1.807) is 19.1 Å². The number of nitrogens with zero attached hydrogens (tertiary/aromatic N) is 5. The molecule has 2 aromatic carbocycles. The molecule has 1 saturated heterocycles. The first kappa shape index (κ1) is 27.7. The van der Waals surface area contributed by atoms with Crippen molar-refractivity contribution in [1.29, 1.82) is 5.41 Å². The zero-order chi connectivity index (χ0) is 25.4. The Bertz CT molecular complexity index is 1230. The number of amidine groups is 1. The van der Waals surface area contributed by atoms with Gasteiger partial charge in [0.15, 0.2) is 5.84 Å². The van der Waals surface area contributed by atoms with Crippen LogP contribution >= 0.6 is 22.1 Å². The van der Waals surface area contributed by atoms with Gasteiger partial charge in [-0.05, 0) is 43.3 Å². The van der Waals surface area contributed by atoms with E-state index in [9.17, 15) is 8.42 Å². The second-order valence-electron chi connectivity index (χ2n) is 7.13. The van der Waals surface area contributed by atoms with E-state index in [0.717, 1.165) is 17.6 Å². The van der Waals surface area contributed by atoms with Gasteiger partial charge in [-0.1, -0.05) is 18.2 Å². The van der Waals surface area contributed by atoms with Crippen LogP contribution in [0, 0.1) is 5.41 Å². The third-order valence-corrected chi connectivity index (χ3v) is 7.86. The molecule has 2 aliphatic rings. The number of para-hydroxylation sites is 1. The van der Waals surface area contributed by atoms with Crippen molar-refractivity contribution in [1.82, 2.24) is 4.31 Å². The molecule has 1 N–H and O–H groups in total. The van der Waals surface area contributed by atoms with Gasteiger partial charge in [-0.2, -0.15) is 9.41 Å². The predicted octanol–water partition coefficient (Wildman–Crippen LogP) is 4.76. The number of hydrogen-bond donors (Lipinski definition) is 1. The Morgan fingerprint density at radius 1 is 1.14 bits per heavy atom. The Kier molecular flexibility index (Phi) is 10.2. The molecule has 2 aromatic rings. The van der Waals surface area contributed by atoms with E-state index < -0.39 is 10.0 Å². The molecule has 0 atom stereocenters. The molecule has 9 nitrogen and oxygen atoms in total. The van der Waals surface area contributed by atoms with Gasteiger partial charge in [-0.15, -0.1) is 13.9 Å². The van der Waals surface area contributed by atoms with Gasteiger partial charge in [0.1, 0.15) is 0 Å². The molecular formula is C21H21ClN6NiO3S3-. The van der Waals surface area contributed by atoms with Crippen molar-refractivity contribution in [2.75, 3.05) is 31.3 Å². The Morgan fingerprint density at radius 2 is 1.77 bits per heavy atom. The van der Waals surface area contributed by atoms with Crippen LogP contribution in [0.5, 0.6) is 0 Å². The van der Waals surface area contributed by atoms with Crippen LogP contribution in [0.4, 0.5) is 11.4 Å². The van der Waals surface area contributed by atoms with Crippen LogP contribution in [0.1, 0.15) is 6.92 Å². The third-order valence-electron chi connectivity index (χ3n) is 4.99. The molecule has 0 aromatic heterocycles. The van der Waals surface area contributed by atoms with Crippen molar-refractivity contribution >= 4 is 67.7 Å². The first-order valence-corrected chi connectivity index (χ1v) is 14.1. The summed E-state index contributed by atoms with van der Waals surface area (Å²) in [5.41, 5.74) is 2.44. The summed E-state index contributed by atoms with van der Waals surface area (Å²) in [6.45, 7) is 3.27. The molecule has 2 aliphatic heterocycles. The summed E-state index contributed by atoms with van der Waals surface area (Å²) < 4.78 is 36.5. The van der Waals surface area contributed by atoms with E-state index in [-0.39, 0.29) is 10.7 Å². The molecule has 35 heavy (non-hydrogen) atoms. The normalized spacial score (nSPS) is 18.3. The van der Waals surface area contributed by atoms with Gasteiger partial charge in [0.25, 0.3) is 0 Å². The van der Waals surface area contributed by atoms with Crippen molar-refractivity contribution in [2.24, 2.45) is 14.7 Å². The number of anilines is 1. The van der Waals surface area contributed by atoms with Crippen LogP contribution in [0.3, 0.4) is 0 Å². The zero-order valence-corrected chi connectivity index (χ0v) is 22.6. The number of rotatable bonds is 6. The molecule has 14 heteroatoms. The van der Waals surface area contributed by atoms with Crippen molar-refractivity contribution in [3.8, 4) is 0 Å². The van der Waals surface area contributed by atoms with E-state index in [1.165, 1.54) is 21.4 Å². The molecular weight excluding hydrogens is 575 g/mol. The van der Waals surface area contributed by atoms with Gasteiger partial charge in [-0.3, -0.25) is 5.41 Å². The van der Waals surface area contributed by atoms with Crippen molar-refractivity contribution < 1.29 is 27.7 Å². The molecule has 1 fully saturated rings. The number of nitrogens with one attached hydrogen (secondary N) is 1. The van der Waals surface area contributed by atoms with Gasteiger partial charge < -0.3 is 17.4 Å². The molecule has 0 radical (unpaired) electrons. The quantitative estimate of drug-likeness (QED) is 0.223. The average molecular weight is 596 g/mol. The number of benzene rings is 2. The van der Waals surface area contributed by atoms with Gasteiger partial charge in [0, 0.05) is 30.6 Å². The zero-order valence-electron chi connectivity index (χ0n) is 18.4. The fourth-order valence-corrected chi connectivity index (χ4v) is 5.60. The topological polar surface area (TPSA) is 111 Å². The maximum absolute atomic E-state index is 12.7. The van der Waals surface area contributed by atoms with E-state index in [1.807, 2.05) is 30.3 Å². The van der Waals surface area contributed by atoms with E-state index in [4.69, 9.17) is 22.8 Å². The fourth-order valence-electron chi connectivity index (χ4n) is 3.30. The molecule has 0 amide bonds. The van der Waals surface area contributed by atoms with E-state index in [2.05, 4.69) is 39.5 Å². The van der Waals surface area contributed by atoms with Crippen LogP contribution in [-0.4, -0.2) is 50.6 Å². The van der Waals surface area contributed by atoms with Crippen LogP contribution < -0.4 is 5.01 Å². The summed E-state index contributed by atoms with van der Waals surface area (Å²) in [5, 5.41) is 18.5. The third kappa shape index (κ3) is 6.68. The van der Waals surface area contributed by atoms with Crippen LogP contribution in [0.15, 0.2) is 84.0 Å². The standard InChI is InChI=1S/C21H22N6O3S3.ClH.Ni/c1-15-19(20(22)27(24-15)17-5-3-2-4-6-17)21(31)32-25-23-16-7-9-18(10-8-16)33(28,29)26-11-13-30-14-12-26;;/h2-10,22,31H,11-14H2,1H3;1H;/q;;+1/p-2/b21-19-,22-20?,25-23?;;. The first-order valence-electron chi connectivity index (χ1n) is 10.2. The van der Waals surface area contributed by atoms with Crippen LogP contribution in [-0.2, 0) is 42.0 Å². The van der Waals surface area contributed by atoms with Gasteiger partial charge >= 0.3 is 24.8 Å². The molecule has 0 saturated carbocycles. The van der Waals surface area contributed by atoms with E-state index in [0.29, 0.717) is 47.5 Å². The summed E-state index contributed by atoms with van der Waals surface area (Å²) in [4.78, 5) is 0.203. The van der Waals surface area contributed by atoms with E-state index >= 15 is 0 Å². The summed E-state index contributed by atoms with van der Waals surface area (Å²) in [7, 11) is 0.710. The molecule has 2 heterocycles. The number of ether oxygens (including phenoxy) is 1. The minimum atomic E-state index is -3.55. The predicted molar refractivity (Wildman–Crippen MR) is 138 cm³/mol. The summed E-state index contributed by atoms with van der Waals surface area (Å²) >= 11 is 9.77. The Balaban J connectivity index is 0.00000167.